The Bertz CT molecular complexity index is 647. The lowest BCUT2D eigenvalue weighted by Crippen LogP contribution is -2.17. The van der Waals surface area contributed by atoms with E-state index in [-0.39, 0.29) is 12.3 Å². The number of aromatic nitrogens is 2. The summed E-state index contributed by atoms with van der Waals surface area (Å²) in [5.74, 6) is 1.01. The second-order valence-electron chi connectivity index (χ2n) is 5.88. The van der Waals surface area contributed by atoms with Crippen LogP contribution in [0.3, 0.4) is 0 Å². The molecule has 1 aliphatic rings. The monoisotopic (exact) mass is 299 g/mol. The number of hydrogen-bond acceptors (Lipinski definition) is 3. The van der Waals surface area contributed by atoms with Gasteiger partial charge < -0.3 is 10.4 Å². The lowest BCUT2D eigenvalue weighted by atomic mass is 9.83. The Morgan fingerprint density at radius 1 is 1.41 bits per heavy atom. The topological polar surface area (TPSA) is 67.2 Å². The Labute approximate surface area is 130 Å². The number of nitrogens with zero attached hydrogens (tertiary/aromatic N) is 2. The van der Waals surface area contributed by atoms with Gasteiger partial charge in [0.15, 0.2) is 0 Å². The van der Waals surface area contributed by atoms with E-state index in [9.17, 15) is 9.90 Å². The fraction of sp³-hybridized carbons (Fsp3) is 0.412. The first-order valence-electron chi connectivity index (χ1n) is 7.70. The van der Waals surface area contributed by atoms with E-state index in [1.807, 2.05) is 43.4 Å². The highest BCUT2D eigenvalue weighted by molar-refractivity contribution is 5.90. The van der Waals surface area contributed by atoms with Crippen LogP contribution in [0.2, 0.25) is 0 Å². The van der Waals surface area contributed by atoms with Gasteiger partial charge in [0.05, 0.1) is 18.2 Å². The highest BCUT2D eigenvalue weighted by atomic mass is 16.3. The lowest BCUT2D eigenvalue weighted by Gasteiger charge is -2.22. The van der Waals surface area contributed by atoms with Gasteiger partial charge in [-0.1, -0.05) is 36.8 Å². The van der Waals surface area contributed by atoms with E-state index in [2.05, 4.69) is 10.4 Å². The third-order valence-electron chi connectivity index (χ3n) is 4.25. The van der Waals surface area contributed by atoms with Crippen molar-refractivity contribution in [2.45, 2.75) is 37.7 Å². The van der Waals surface area contributed by atoms with Gasteiger partial charge in [-0.3, -0.25) is 9.48 Å². The third kappa shape index (κ3) is 3.20. The molecule has 1 heterocycles. The molecule has 2 N–H and O–H groups in total. The Hall–Kier alpha value is -2.14. The van der Waals surface area contributed by atoms with Crippen LogP contribution in [0.15, 0.2) is 36.4 Å². The molecule has 1 aliphatic carbocycles. The molecule has 0 bridgehead atoms. The van der Waals surface area contributed by atoms with Crippen molar-refractivity contribution in [3.05, 3.63) is 47.7 Å². The molecular weight excluding hydrogens is 278 g/mol. The van der Waals surface area contributed by atoms with Crippen molar-refractivity contribution < 1.29 is 9.90 Å². The van der Waals surface area contributed by atoms with Gasteiger partial charge in [-0.25, -0.2) is 0 Å². The summed E-state index contributed by atoms with van der Waals surface area (Å²) in [4.78, 5) is 12.1. The summed E-state index contributed by atoms with van der Waals surface area (Å²) in [6.07, 6.45) is 2.86. The van der Waals surface area contributed by atoms with Crippen molar-refractivity contribution in [2.24, 2.45) is 7.05 Å². The molecule has 5 nitrogen and oxygen atoms in total. The summed E-state index contributed by atoms with van der Waals surface area (Å²) in [5.41, 5.74) is 1.80. The summed E-state index contributed by atoms with van der Waals surface area (Å²) in [5, 5.41) is 17.4. The maximum Gasteiger partial charge on any atom is 0.228 e. The van der Waals surface area contributed by atoms with E-state index in [0.717, 1.165) is 11.3 Å². The molecule has 1 unspecified atom stereocenters. The number of nitrogens with one attached hydrogen (secondary N) is 1. The molecule has 1 atom stereocenters. The van der Waals surface area contributed by atoms with Crippen LogP contribution in [0.4, 0.5) is 5.82 Å². The average Bonchev–Trinajstić information content (AvgIpc) is 2.78. The molecule has 0 saturated heterocycles. The first-order chi connectivity index (χ1) is 10.6. The van der Waals surface area contributed by atoms with E-state index >= 15 is 0 Å². The summed E-state index contributed by atoms with van der Waals surface area (Å²) in [7, 11) is 1.82. The molecule has 5 heteroatoms. The van der Waals surface area contributed by atoms with Gasteiger partial charge in [-0.05, 0) is 18.4 Å². The molecule has 1 fully saturated rings. The third-order valence-corrected chi connectivity index (χ3v) is 4.25. The minimum Gasteiger partial charge on any atom is -0.388 e. The van der Waals surface area contributed by atoms with Crippen molar-refractivity contribution in [3.8, 4) is 0 Å². The molecule has 0 spiro atoms. The predicted octanol–water partition coefficient (Wildman–Crippen LogP) is 2.75. The van der Waals surface area contributed by atoms with Crippen LogP contribution in [0.1, 0.15) is 49.0 Å². The quantitative estimate of drug-likeness (QED) is 0.892. The van der Waals surface area contributed by atoms with Gasteiger partial charge in [0.1, 0.15) is 5.82 Å². The van der Waals surface area contributed by atoms with Crippen LogP contribution < -0.4 is 5.32 Å². The second-order valence-corrected chi connectivity index (χ2v) is 5.88. The van der Waals surface area contributed by atoms with Crippen molar-refractivity contribution >= 4 is 11.7 Å². The molecule has 0 aliphatic heterocycles. The molecule has 22 heavy (non-hydrogen) atoms. The number of carbonyl (C=O) groups excluding carboxylic acids is 1. The predicted molar refractivity (Wildman–Crippen MR) is 84.4 cm³/mol. The number of carbonyl (C=O) groups is 1. The van der Waals surface area contributed by atoms with Crippen LogP contribution in [-0.4, -0.2) is 20.8 Å². The van der Waals surface area contributed by atoms with Crippen LogP contribution in [-0.2, 0) is 11.8 Å². The van der Waals surface area contributed by atoms with Gasteiger partial charge in [0, 0.05) is 19.0 Å². The van der Waals surface area contributed by atoms with Gasteiger partial charge in [0.25, 0.3) is 0 Å². The standard InChI is InChI=1S/C17H21N3O2/c1-20-16(10-14(19-20)12-8-5-9-12)18-17(22)11-15(21)13-6-3-2-4-7-13/h2-4,6-7,10,12,15,21H,5,8-9,11H2,1H3,(H,18,22). The van der Waals surface area contributed by atoms with Crippen molar-refractivity contribution in [1.82, 2.24) is 9.78 Å². The molecule has 1 aromatic heterocycles. The molecule has 1 saturated carbocycles. The number of benzene rings is 1. The van der Waals surface area contributed by atoms with E-state index in [1.54, 1.807) is 4.68 Å². The SMILES string of the molecule is Cn1nc(C2CCC2)cc1NC(=O)CC(O)c1ccccc1. The Morgan fingerprint density at radius 3 is 2.77 bits per heavy atom. The lowest BCUT2D eigenvalue weighted by molar-refractivity contribution is -0.118. The second kappa shape index (κ2) is 6.32. The largest absolute Gasteiger partial charge is 0.388 e. The maximum atomic E-state index is 12.1. The number of hydrogen-bond donors (Lipinski definition) is 2. The van der Waals surface area contributed by atoms with E-state index in [4.69, 9.17) is 0 Å². The van der Waals surface area contributed by atoms with E-state index < -0.39 is 6.10 Å². The molecule has 0 radical (unpaired) electrons. The van der Waals surface area contributed by atoms with Crippen molar-refractivity contribution in [3.63, 3.8) is 0 Å². The number of amides is 1. The van der Waals surface area contributed by atoms with Crippen LogP contribution in [0, 0.1) is 0 Å². The van der Waals surface area contributed by atoms with E-state index in [0.29, 0.717) is 11.7 Å². The van der Waals surface area contributed by atoms with Crippen LogP contribution in [0.5, 0.6) is 0 Å². The highest BCUT2D eigenvalue weighted by Gasteiger charge is 2.23. The van der Waals surface area contributed by atoms with Crippen molar-refractivity contribution in [1.29, 1.82) is 0 Å². The number of aliphatic hydroxyl groups is 1. The normalized spacial score (nSPS) is 16.1. The number of rotatable bonds is 5. The van der Waals surface area contributed by atoms with Gasteiger partial charge in [-0.2, -0.15) is 5.10 Å². The maximum absolute atomic E-state index is 12.1. The van der Waals surface area contributed by atoms with Crippen LogP contribution >= 0.6 is 0 Å². The minimum atomic E-state index is -0.791. The minimum absolute atomic E-state index is 0.0357. The first-order valence-corrected chi connectivity index (χ1v) is 7.70. The van der Waals surface area contributed by atoms with Crippen molar-refractivity contribution in [2.75, 3.05) is 5.32 Å². The van der Waals surface area contributed by atoms with Gasteiger partial charge in [0.2, 0.25) is 5.91 Å². The zero-order valence-corrected chi connectivity index (χ0v) is 12.7. The van der Waals surface area contributed by atoms with Crippen LogP contribution in [0.25, 0.3) is 0 Å². The fourth-order valence-electron chi connectivity index (χ4n) is 2.67. The molecular formula is C17H21N3O2. The number of aryl methyl sites for hydroxylation is 1. The average molecular weight is 299 g/mol. The number of anilines is 1. The summed E-state index contributed by atoms with van der Waals surface area (Å²) in [6, 6.07) is 11.2. The molecule has 1 amide bonds. The first kappa shape index (κ1) is 14.8. The smallest absolute Gasteiger partial charge is 0.228 e. The summed E-state index contributed by atoms with van der Waals surface area (Å²) < 4.78 is 1.69. The zero-order valence-electron chi connectivity index (χ0n) is 12.7. The van der Waals surface area contributed by atoms with E-state index in [1.165, 1.54) is 19.3 Å². The Balaban J connectivity index is 1.60. The molecule has 1 aromatic carbocycles. The fourth-order valence-corrected chi connectivity index (χ4v) is 2.67. The molecule has 2 aromatic rings. The molecule has 116 valence electrons. The number of aliphatic hydroxyl groups excluding tert-OH is 1. The Kier molecular flexibility index (Phi) is 4.24. The van der Waals surface area contributed by atoms with Gasteiger partial charge in [-0.15, -0.1) is 0 Å². The summed E-state index contributed by atoms with van der Waals surface area (Å²) >= 11 is 0. The van der Waals surface area contributed by atoms with Gasteiger partial charge >= 0.3 is 0 Å². The molecule has 3 rings (SSSR count). The summed E-state index contributed by atoms with van der Waals surface area (Å²) in [6.45, 7) is 0. The highest BCUT2D eigenvalue weighted by Crippen LogP contribution is 2.36. The zero-order chi connectivity index (χ0) is 15.5. The Morgan fingerprint density at radius 2 is 2.14 bits per heavy atom.